The third-order valence-electron chi connectivity index (χ3n) is 1.66. The molecule has 0 aliphatic heterocycles. The SMILES string of the molecule is Cc1cn2[nH]c(=O)c(C(=O)O)c2s1. The highest BCUT2D eigenvalue weighted by molar-refractivity contribution is 7.17. The van der Waals surface area contributed by atoms with Crippen molar-refractivity contribution < 1.29 is 9.90 Å². The van der Waals surface area contributed by atoms with Crippen LogP contribution in [0.3, 0.4) is 0 Å². The van der Waals surface area contributed by atoms with Crippen LogP contribution in [-0.2, 0) is 0 Å². The molecular formula is C7H6N2O3S. The van der Waals surface area contributed by atoms with Gasteiger partial charge in [-0.1, -0.05) is 0 Å². The lowest BCUT2D eigenvalue weighted by molar-refractivity contribution is 0.0698. The van der Waals surface area contributed by atoms with Crippen molar-refractivity contribution in [1.82, 2.24) is 9.61 Å². The van der Waals surface area contributed by atoms with Crippen molar-refractivity contribution in [2.75, 3.05) is 0 Å². The second-order valence-corrected chi connectivity index (χ2v) is 3.87. The Balaban J connectivity index is 2.91. The van der Waals surface area contributed by atoms with Gasteiger partial charge in [0.1, 0.15) is 4.83 Å². The van der Waals surface area contributed by atoms with Gasteiger partial charge in [-0.3, -0.25) is 9.89 Å². The molecule has 0 spiro atoms. The molecule has 2 aromatic heterocycles. The van der Waals surface area contributed by atoms with Gasteiger partial charge in [-0.2, -0.15) is 0 Å². The maximum atomic E-state index is 11.1. The number of nitrogens with one attached hydrogen (secondary N) is 1. The van der Waals surface area contributed by atoms with E-state index in [0.29, 0.717) is 4.83 Å². The van der Waals surface area contributed by atoms with Gasteiger partial charge >= 0.3 is 5.97 Å². The van der Waals surface area contributed by atoms with E-state index < -0.39 is 11.5 Å². The molecular weight excluding hydrogens is 192 g/mol. The summed E-state index contributed by atoms with van der Waals surface area (Å²) in [6.45, 7) is 1.85. The van der Waals surface area contributed by atoms with E-state index >= 15 is 0 Å². The fraction of sp³-hybridized carbons (Fsp3) is 0.143. The number of H-pyrrole nitrogens is 1. The minimum Gasteiger partial charge on any atom is -0.477 e. The molecule has 0 amide bonds. The highest BCUT2D eigenvalue weighted by Crippen LogP contribution is 2.17. The minimum atomic E-state index is -1.19. The van der Waals surface area contributed by atoms with Crippen LogP contribution in [0.2, 0.25) is 0 Å². The average Bonchev–Trinajstić information content (AvgIpc) is 2.41. The zero-order valence-corrected chi connectivity index (χ0v) is 7.51. The molecule has 6 heteroatoms. The van der Waals surface area contributed by atoms with Crippen LogP contribution in [0.4, 0.5) is 0 Å². The maximum Gasteiger partial charge on any atom is 0.344 e. The van der Waals surface area contributed by atoms with Crippen LogP contribution < -0.4 is 5.56 Å². The number of nitrogens with zero attached hydrogens (tertiary/aromatic N) is 1. The monoisotopic (exact) mass is 198 g/mol. The average molecular weight is 198 g/mol. The summed E-state index contributed by atoms with van der Waals surface area (Å²) in [6.07, 6.45) is 1.69. The fourth-order valence-corrected chi connectivity index (χ4v) is 2.12. The van der Waals surface area contributed by atoms with E-state index in [0.717, 1.165) is 4.88 Å². The van der Waals surface area contributed by atoms with Crippen molar-refractivity contribution in [3.05, 3.63) is 27.0 Å². The van der Waals surface area contributed by atoms with Crippen LogP contribution in [0.5, 0.6) is 0 Å². The van der Waals surface area contributed by atoms with Crippen molar-refractivity contribution in [3.8, 4) is 0 Å². The fourth-order valence-electron chi connectivity index (χ4n) is 1.17. The second-order valence-electron chi connectivity index (χ2n) is 2.64. The first-order chi connectivity index (χ1) is 6.09. The van der Waals surface area contributed by atoms with Gasteiger partial charge in [0.15, 0.2) is 5.56 Å². The molecule has 0 unspecified atom stereocenters. The van der Waals surface area contributed by atoms with Gasteiger partial charge in [0, 0.05) is 11.1 Å². The van der Waals surface area contributed by atoms with Crippen LogP contribution in [-0.4, -0.2) is 20.7 Å². The molecule has 13 heavy (non-hydrogen) atoms. The highest BCUT2D eigenvalue weighted by atomic mass is 32.1. The number of hydrogen-bond acceptors (Lipinski definition) is 3. The summed E-state index contributed by atoms with van der Waals surface area (Å²) in [5, 5.41) is 11.2. The number of carbonyl (C=O) groups is 1. The number of aryl methyl sites for hydroxylation is 1. The summed E-state index contributed by atoms with van der Waals surface area (Å²) >= 11 is 1.28. The third kappa shape index (κ3) is 1.06. The number of aromatic carboxylic acids is 1. The molecule has 0 aliphatic carbocycles. The molecule has 2 rings (SSSR count). The van der Waals surface area contributed by atoms with E-state index in [1.807, 2.05) is 6.92 Å². The van der Waals surface area contributed by atoms with E-state index in [4.69, 9.17) is 5.11 Å². The largest absolute Gasteiger partial charge is 0.477 e. The van der Waals surface area contributed by atoms with Crippen molar-refractivity contribution in [2.24, 2.45) is 0 Å². The lowest BCUT2D eigenvalue weighted by Gasteiger charge is -1.82. The Hall–Kier alpha value is -1.56. The second kappa shape index (κ2) is 2.46. The molecule has 0 radical (unpaired) electrons. The lowest BCUT2D eigenvalue weighted by Crippen LogP contribution is -2.11. The zero-order valence-electron chi connectivity index (χ0n) is 6.70. The maximum absolute atomic E-state index is 11.1. The Morgan fingerprint density at radius 2 is 2.38 bits per heavy atom. The van der Waals surface area contributed by atoms with Crippen molar-refractivity contribution in [3.63, 3.8) is 0 Å². The number of aromatic nitrogens is 2. The molecule has 0 saturated heterocycles. The van der Waals surface area contributed by atoms with Gasteiger partial charge in [-0.15, -0.1) is 11.3 Å². The number of hydrogen-bond donors (Lipinski definition) is 2. The summed E-state index contributed by atoms with van der Waals surface area (Å²) in [5.41, 5.74) is -0.739. The Kier molecular flexibility index (Phi) is 1.53. The molecule has 0 saturated carbocycles. The number of rotatable bonds is 1. The molecule has 0 aliphatic rings. The van der Waals surface area contributed by atoms with Gasteiger partial charge in [0.05, 0.1) is 0 Å². The van der Waals surface area contributed by atoms with E-state index in [1.54, 1.807) is 6.20 Å². The molecule has 68 valence electrons. The highest BCUT2D eigenvalue weighted by Gasteiger charge is 2.17. The molecule has 2 heterocycles. The first-order valence-corrected chi connectivity index (χ1v) is 4.35. The number of carboxylic acids is 1. The summed E-state index contributed by atoms with van der Waals surface area (Å²) in [5.74, 6) is -1.19. The topological polar surface area (TPSA) is 74.6 Å². The number of carboxylic acid groups (broad SMARTS) is 1. The van der Waals surface area contributed by atoms with Crippen molar-refractivity contribution >= 4 is 22.1 Å². The standard InChI is InChI=1S/C7H6N2O3S/c1-3-2-9-6(13-3)4(7(11)12)5(10)8-9/h2H,1H3,(H,8,10)(H,11,12). The normalized spacial score (nSPS) is 10.8. The Morgan fingerprint density at radius 1 is 1.69 bits per heavy atom. The Labute approximate surface area is 76.2 Å². The van der Waals surface area contributed by atoms with E-state index in [1.165, 1.54) is 15.9 Å². The van der Waals surface area contributed by atoms with E-state index in [-0.39, 0.29) is 5.56 Å². The molecule has 0 bridgehead atoms. The molecule has 5 nitrogen and oxygen atoms in total. The predicted molar refractivity (Wildman–Crippen MR) is 47.6 cm³/mol. The first-order valence-electron chi connectivity index (χ1n) is 3.53. The van der Waals surface area contributed by atoms with Crippen molar-refractivity contribution in [1.29, 1.82) is 0 Å². The number of thiazole rings is 1. The van der Waals surface area contributed by atoms with Crippen molar-refractivity contribution in [2.45, 2.75) is 6.92 Å². The molecule has 0 atom stereocenters. The summed E-state index contributed by atoms with van der Waals surface area (Å²) in [7, 11) is 0. The van der Waals surface area contributed by atoms with E-state index in [2.05, 4.69) is 5.10 Å². The third-order valence-corrected chi connectivity index (χ3v) is 2.69. The van der Waals surface area contributed by atoms with Crippen LogP contribution in [0.25, 0.3) is 4.83 Å². The van der Waals surface area contributed by atoms with Crippen LogP contribution in [0.15, 0.2) is 11.0 Å². The lowest BCUT2D eigenvalue weighted by atomic mass is 10.4. The molecule has 2 N–H and O–H groups in total. The number of fused-ring (bicyclic) bond motifs is 1. The van der Waals surface area contributed by atoms with Gasteiger partial charge < -0.3 is 5.11 Å². The van der Waals surface area contributed by atoms with Crippen LogP contribution in [0.1, 0.15) is 15.2 Å². The predicted octanol–water partition coefficient (Wildman–Crippen LogP) is 0.696. The first kappa shape index (κ1) is 8.06. The summed E-state index contributed by atoms with van der Waals surface area (Å²) in [4.78, 5) is 23.2. The molecule has 2 aromatic rings. The number of aromatic amines is 1. The molecule has 0 aromatic carbocycles. The summed E-state index contributed by atoms with van der Waals surface area (Å²) < 4.78 is 1.44. The Bertz CT molecular complexity index is 533. The van der Waals surface area contributed by atoms with E-state index in [9.17, 15) is 9.59 Å². The smallest absolute Gasteiger partial charge is 0.344 e. The minimum absolute atomic E-state index is 0.182. The summed E-state index contributed by atoms with van der Waals surface area (Å²) in [6, 6.07) is 0. The zero-order chi connectivity index (χ0) is 9.59. The van der Waals surface area contributed by atoms with Crippen LogP contribution in [0, 0.1) is 6.92 Å². The van der Waals surface area contributed by atoms with Gasteiger partial charge in [0.25, 0.3) is 5.56 Å². The van der Waals surface area contributed by atoms with Gasteiger partial charge in [-0.05, 0) is 6.92 Å². The quantitative estimate of drug-likeness (QED) is 0.708. The van der Waals surface area contributed by atoms with Gasteiger partial charge in [0.2, 0.25) is 0 Å². The van der Waals surface area contributed by atoms with Crippen LogP contribution >= 0.6 is 11.3 Å². The molecule has 0 fully saturated rings. The Morgan fingerprint density at radius 3 is 3.00 bits per heavy atom. The van der Waals surface area contributed by atoms with Gasteiger partial charge in [-0.25, -0.2) is 9.31 Å².